The van der Waals surface area contributed by atoms with Crippen molar-refractivity contribution in [2.45, 2.75) is 18.8 Å². The first-order chi connectivity index (χ1) is 9.60. The van der Waals surface area contributed by atoms with Crippen LogP contribution >= 0.6 is 50.1 Å². The maximum absolute atomic E-state index is 6.09. The van der Waals surface area contributed by atoms with E-state index in [1.165, 1.54) is 12.8 Å². The summed E-state index contributed by atoms with van der Waals surface area (Å²) >= 11 is 12.0. The minimum absolute atomic E-state index is 0.578. The van der Waals surface area contributed by atoms with E-state index in [1.807, 2.05) is 25.2 Å². The normalized spacial score (nSPS) is 14.4. The van der Waals surface area contributed by atoms with Crippen LogP contribution in [0.25, 0.3) is 11.4 Å². The molecule has 1 aromatic heterocycles. The quantitative estimate of drug-likeness (QED) is 0.644. The van der Waals surface area contributed by atoms with Gasteiger partial charge in [-0.2, -0.15) is 0 Å². The van der Waals surface area contributed by atoms with E-state index >= 15 is 0 Å². The minimum atomic E-state index is 0.578. The van der Waals surface area contributed by atoms with Gasteiger partial charge in [0.05, 0.1) is 9.26 Å². The molecule has 3 rings (SSSR count). The molecular weight excluding hydrogens is 452 g/mol. The molecule has 0 bridgehead atoms. The third-order valence-electron chi connectivity index (χ3n) is 3.25. The van der Waals surface area contributed by atoms with Crippen molar-refractivity contribution in [3.63, 3.8) is 0 Å². The van der Waals surface area contributed by atoms with Crippen LogP contribution < -0.4 is 5.32 Å². The number of halogens is 3. The molecule has 1 N–H and O–H groups in total. The van der Waals surface area contributed by atoms with Crippen LogP contribution in [-0.2, 0) is 0 Å². The van der Waals surface area contributed by atoms with Gasteiger partial charge in [0.1, 0.15) is 5.82 Å². The lowest BCUT2D eigenvalue weighted by Gasteiger charge is -2.12. The number of benzene rings is 1. The summed E-state index contributed by atoms with van der Waals surface area (Å²) in [4.78, 5) is 9.38. The zero-order chi connectivity index (χ0) is 14.3. The first-order valence-electron chi connectivity index (χ1n) is 6.30. The lowest BCUT2D eigenvalue weighted by molar-refractivity contribution is 0.978. The molecule has 0 unspecified atom stereocenters. The Morgan fingerprint density at radius 2 is 2.10 bits per heavy atom. The minimum Gasteiger partial charge on any atom is -0.372 e. The molecule has 1 aromatic carbocycles. The summed E-state index contributed by atoms with van der Waals surface area (Å²) in [6.45, 7) is 0. The number of nitrogens with zero attached hydrogens (tertiary/aromatic N) is 2. The summed E-state index contributed by atoms with van der Waals surface area (Å²) in [6, 6.07) is 5.67. The van der Waals surface area contributed by atoms with Crippen LogP contribution in [0.4, 0.5) is 5.82 Å². The van der Waals surface area contributed by atoms with E-state index in [4.69, 9.17) is 16.6 Å². The smallest absolute Gasteiger partial charge is 0.163 e. The Hall–Kier alpha value is -0.400. The number of anilines is 1. The van der Waals surface area contributed by atoms with Crippen LogP contribution in [0.2, 0.25) is 5.02 Å². The van der Waals surface area contributed by atoms with E-state index in [0.29, 0.717) is 16.8 Å². The van der Waals surface area contributed by atoms with Gasteiger partial charge in [0.25, 0.3) is 0 Å². The van der Waals surface area contributed by atoms with Crippen molar-refractivity contribution in [3.8, 4) is 11.4 Å². The highest BCUT2D eigenvalue weighted by atomic mass is 127. The number of nitrogens with one attached hydrogen (secondary N) is 1. The molecule has 1 heterocycles. The van der Waals surface area contributed by atoms with E-state index < -0.39 is 0 Å². The summed E-state index contributed by atoms with van der Waals surface area (Å²) in [5.41, 5.74) is 2.07. The maximum Gasteiger partial charge on any atom is 0.163 e. The molecule has 1 aliphatic carbocycles. The second-order valence-corrected chi connectivity index (χ2v) is 7.11. The van der Waals surface area contributed by atoms with Crippen molar-refractivity contribution in [1.29, 1.82) is 0 Å². The van der Waals surface area contributed by atoms with Crippen molar-refractivity contribution < 1.29 is 0 Å². The summed E-state index contributed by atoms with van der Waals surface area (Å²) < 4.78 is 2.07. The molecule has 104 valence electrons. The van der Waals surface area contributed by atoms with Crippen molar-refractivity contribution in [2.75, 3.05) is 12.4 Å². The van der Waals surface area contributed by atoms with E-state index in [0.717, 1.165) is 25.1 Å². The topological polar surface area (TPSA) is 37.8 Å². The average Bonchev–Trinajstić information content (AvgIpc) is 3.26. The fraction of sp³-hybridized carbons (Fsp3) is 0.286. The molecule has 0 aliphatic heterocycles. The molecule has 2 aromatic rings. The van der Waals surface area contributed by atoms with Gasteiger partial charge < -0.3 is 5.32 Å². The lowest BCUT2D eigenvalue weighted by atomic mass is 10.2. The van der Waals surface area contributed by atoms with Gasteiger partial charge in [-0.25, -0.2) is 9.97 Å². The highest BCUT2D eigenvalue weighted by Gasteiger charge is 2.29. The number of rotatable bonds is 3. The first-order valence-corrected chi connectivity index (χ1v) is 8.55. The predicted molar refractivity (Wildman–Crippen MR) is 94.4 cm³/mol. The molecule has 1 aliphatic rings. The van der Waals surface area contributed by atoms with Crippen LogP contribution in [0.3, 0.4) is 0 Å². The fourth-order valence-corrected chi connectivity index (χ4v) is 3.59. The first kappa shape index (κ1) is 14.5. The van der Waals surface area contributed by atoms with Crippen LogP contribution in [0.1, 0.15) is 24.5 Å². The summed E-state index contributed by atoms with van der Waals surface area (Å²) in [7, 11) is 1.89. The van der Waals surface area contributed by atoms with Gasteiger partial charge in [0.2, 0.25) is 0 Å². The van der Waals surface area contributed by atoms with E-state index in [1.54, 1.807) is 0 Å². The SMILES string of the molecule is CNc1nc(-c2cc(Cl)ccc2Br)nc(C2CC2)c1I. The van der Waals surface area contributed by atoms with Gasteiger partial charge in [0, 0.05) is 28.0 Å². The summed E-state index contributed by atoms with van der Waals surface area (Å²) in [5, 5.41) is 3.84. The summed E-state index contributed by atoms with van der Waals surface area (Å²) in [5.74, 6) is 2.17. The van der Waals surface area contributed by atoms with Gasteiger partial charge in [-0.1, -0.05) is 27.5 Å². The Morgan fingerprint density at radius 3 is 2.75 bits per heavy atom. The standard InChI is InChI=1S/C14H12BrClIN3/c1-18-14-11(17)12(7-2-3-7)19-13(20-14)9-6-8(16)4-5-10(9)15/h4-7H,2-3H2,1H3,(H,18,19,20). The van der Waals surface area contributed by atoms with E-state index in [9.17, 15) is 0 Å². The van der Waals surface area contributed by atoms with E-state index in [2.05, 4.69) is 48.8 Å². The van der Waals surface area contributed by atoms with Crippen LogP contribution in [0.15, 0.2) is 22.7 Å². The van der Waals surface area contributed by atoms with Crippen molar-refractivity contribution >= 4 is 55.9 Å². The van der Waals surface area contributed by atoms with Crippen molar-refractivity contribution in [1.82, 2.24) is 9.97 Å². The third kappa shape index (κ3) is 2.80. The van der Waals surface area contributed by atoms with Gasteiger partial charge in [-0.3, -0.25) is 0 Å². The fourth-order valence-electron chi connectivity index (χ4n) is 2.05. The molecule has 20 heavy (non-hydrogen) atoms. The molecule has 6 heteroatoms. The van der Waals surface area contributed by atoms with Crippen LogP contribution in [0, 0.1) is 3.57 Å². The second kappa shape index (κ2) is 5.77. The Bertz CT molecular complexity index is 674. The maximum atomic E-state index is 6.09. The molecule has 0 amide bonds. The number of hydrogen-bond acceptors (Lipinski definition) is 3. The van der Waals surface area contributed by atoms with Crippen LogP contribution in [-0.4, -0.2) is 17.0 Å². The highest BCUT2D eigenvalue weighted by molar-refractivity contribution is 14.1. The Kier molecular flexibility index (Phi) is 4.19. The molecular formula is C14H12BrClIN3. The highest BCUT2D eigenvalue weighted by Crippen LogP contribution is 2.43. The average molecular weight is 465 g/mol. The van der Waals surface area contributed by atoms with Crippen molar-refractivity contribution in [2.24, 2.45) is 0 Å². The number of hydrogen-bond donors (Lipinski definition) is 1. The zero-order valence-electron chi connectivity index (χ0n) is 10.8. The zero-order valence-corrected chi connectivity index (χ0v) is 15.3. The Labute approximate surface area is 144 Å². The Balaban J connectivity index is 2.18. The van der Waals surface area contributed by atoms with E-state index in [-0.39, 0.29) is 0 Å². The largest absolute Gasteiger partial charge is 0.372 e. The van der Waals surface area contributed by atoms with Gasteiger partial charge in [-0.05, 0) is 53.6 Å². The predicted octanol–water partition coefficient (Wildman–Crippen LogP) is 5.08. The van der Waals surface area contributed by atoms with Crippen LogP contribution in [0.5, 0.6) is 0 Å². The molecule has 0 atom stereocenters. The summed E-state index contributed by atoms with van der Waals surface area (Å²) in [6.07, 6.45) is 2.43. The second-order valence-electron chi connectivity index (χ2n) is 4.74. The van der Waals surface area contributed by atoms with Crippen molar-refractivity contribution in [3.05, 3.63) is 37.0 Å². The van der Waals surface area contributed by atoms with Gasteiger partial charge in [0.15, 0.2) is 5.82 Å². The third-order valence-corrected chi connectivity index (χ3v) is 5.24. The Morgan fingerprint density at radius 1 is 1.35 bits per heavy atom. The monoisotopic (exact) mass is 463 g/mol. The molecule has 0 spiro atoms. The molecule has 0 saturated heterocycles. The molecule has 3 nitrogen and oxygen atoms in total. The lowest BCUT2D eigenvalue weighted by Crippen LogP contribution is -2.05. The molecule has 1 saturated carbocycles. The molecule has 1 fully saturated rings. The molecule has 0 radical (unpaired) electrons. The number of aromatic nitrogens is 2. The van der Waals surface area contributed by atoms with Gasteiger partial charge in [-0.15, -0.1) is 0 Å². The van der Waals surface area contributed by atoms with Gasteiger partial charge >= 0.3 is 0 Å².